The van der Waals surface area contributed by atoms with Gasteiger partial charge in [-0.25, -0.2) is 0 Å². The van der Waals surface area contributed by atoms with Crippen molar-refractivity contribution in [3.63, 3.8) is 0 Å². The van der Waals surface area contributed by atoms with Crippen LogP contribution >= 0.6 is 11.8 Å². The number of rotatable bonds is 10. The molecule has 0 fully saturated rings. The number of carbonyl (C=O) groups is 1. The molecule has 0 bridgehead atoms. The third kappa shape index (κ3) is 5.95. The average molecular weight is 461 g/mol. The third-order valence-electron chi connectivity index (χ3n) is 5.04. The van der Waals surface area contributed by atoms with E-state index in [-0.39, 0.29) is 11.9 Å². The van der Waals surface area contributed by atoms with Crippen LogP contribution < -0.4 is 10.1 Å². The second kappa shape index (κ2) is 11.2. The van der Waals surface area contributed by atoms with Gasteiger partial charge in [0, 0.05) is 11.8 Å². The van der Waals surface area contributed by atoms with Gasteiger partial charge in [-0.1, -0.05) is 41.6 Å². The molecule has 0 unspecified atom stereocenters. The number of thioether (sulfide) groups is 1. The smallest absolute Gasteiger partial charge is 0.252 e. The van der Waals surface area contributed by atoms with Crippen LogP contribution in [0.5, 0.6) is 5.75 Å². The van der Waals surface area contributed by atoms with Gasteiger partial charge in [0.05, 0.1) is 12.2 Å². The van der Waals surface area contributed by atoms with Gasteiger partial charge >= 0.3 is 0 Å². The number of pyridine rings is 1. The minimum Gasteiger partial charge on any atom is -0.487 e. The number of amides is 1. The molecule has 0 spiro atoms. The lowest BCUT2D eigenvalue weighted by Gasteiger charge is -2.17. The summed E-state index contributed by atoms with van der Waals surface area (Å²) in [5.41, 5.74) is 3.30. The number of tetrazole rings is 1. The molecule has 8 nitrogen and oxygen atoms in total. The second-order valence-corrected chi connectivity index (χ2v) is 8.29. The SMILES string of the molecule is CSCC[C@H](NC(=O)c1ccc(COc2cccnc2)cc1-c1ccccc1)c1nn[nH]n1. The Kier molecular flexibility index (Phi) is 7.65. The van der Waals surface area contributed by atoms with Gasteiger partial charge in [0.1, 0.15) is 12.4 Å². The van der Waals surface area contributed by atoms with Gasteiger partial charge in [0.15, 0.2) is 5.82 Å². The molecule has 0 aliphatic heterocycles. The zero-order valence-corrected chi connectivity index (χ0v) is 19.0. The normalized spacial score (nSPS) is 11.7. The molecule has 2 N–H and O–H groups in total. The van der Waals surface area contributed by atoms with Crippen molar-refractivity contribution in [3.8, 4) is 16.9 Å². The van der Waals surface area contributed by atoms with Gasteiger partial charge in [-0.15, -0.1) is 10.2 Å². The van der Waals surface area contributed by atoms with Gasteiger partial charge in [-0.2, -0.15) is 17.0 Å². The molecule has 0 saturated carbocycles. The first-order chi connectivity index (χ1) is 16.2. The van der Waals surface area contributed by atoms with Crippen LogP contribution in [0.4, 0.5) is 0 Å². The van der Waals surface area contributed by atoms with Crippen molar-refractivity contribution < 1.29 is 9.53 Å². The van der Waals surface area contributed by atoms with Crippen LogP contribution in [-0.2, 0) is 6.61 Å². The summed E-state index contributed by atoms with van der Waals surface area (Å²) in [6.07, 6.45) is 6.10. The molecular weight excluding hydrogens is 436 g/mol. The van der Waals surface area contributed by atoms with Crippen molar-refractivity contribution in [2.24, 2.45) is 0 Å². The monoisotopic (exact) mass is 460 g/mol. The highest BCUT2D eigenvalue weighted by atomic mass is 32.2. The Morgan fingerprint density at radius 3 is 2.76 bits per heavy atom. The van der Waals surface area contributed by atoms with Gasteiger partial charge in [0.25, 0.3) is 5.91 Å². The molecule has 2 aromatic carbocycles. The largest absolute Gasteiger partial charge is 0.487 e. The lowest BCUT2D eigenvalue weighted by Crippen LogP contribution is -2.30. The fourth-order valence-corrected chi connectivity index (χ4v) is 3.86. The van der Waals surface area contributed by atoms with Crippen LogP contribution in [-0.4, -0.2) is 43.5 Å². The van der Waals surface area contributed by atoms with E-state index in [1.807, 2.05) is 66.9 Å². The minimum atomic E-state index is -0.332. The number of carbonyl (C=O) groups excluding carboxylic acids is 1. The van der Waals surface area contributed by atoms with Crippen molar-refractivity contribution in [2.45, 2.75) is 19.1 Å². The fourth-order valence-electron chi connectivity index (χ4n) is 3.39. The summed E-state index contributed by atoms with van der Waals surface area (Å²) in [6, 6.07) is 18.9. The Morgan fingerprint density at radius 2 is 2.03 bits per heavy atom. The maximum Gasteiger partial charge on any atom is 0.252 e. The Bertz CT molecular complexity index is 1160. The molecule has 0 radical (unpaired) electrons. The summed E-state index contributed by atoms with van der Waals surface area (Å²) in [5, 5.41) is 17.3. The Morgan fingerprint density at radius 1 is 1.15 bits per heavy atom. The Hall–Kier alpha value is -3.72. The molecular formula is C24H24N6O2S. The van der Waals surface area contributed by atoms with Crippen LogP contribution in [0.25, 0.3) is 11.1 Å². The zero-order chi connectivity index (χ0) is 22.9. The second-order valence-electron chi connectivity index (χ2n) is 7.30. The molecule has 1 amide bonds. The highest BCUT2D eigenvalue weighted by Gasteiger charge is 2.21. The minimum absolute atomic E-state index is 0.190. The summed E-state index contributed by atoms with van der Waals surface area (Å²) in [5.74, 6) is 1.83. The fraction of sp³-hybridized carbons (Fsp3) is 0.208. The first-order valence-corrected chi connectivity index (χ1v) is 11.9. The molecule has 0 saturated heterocycles. The molecule has 4 aromatic rings. The quantitative estimate of drug-likeness (QED) is 0.367. The Labute approximate surface area is 196 Å². The van der Waals surface area contributed by atoms with E-state index >= 15 is 0 Å². The van der Waals surface area contributed by atoms with Crippen LogP contribution in [0.15, 0.2) is 73.1 Å². The highest BCUT2D eigenvalue weighted by molar-refractivity contribution is 7.98. The molecule has 2 aromatic heterocycles. The van der Waals surface area contributed by atoms with E-state index in [1.54, 1.807) is 24.2 Å². The maximum atomic E-state index is 13.4. The number of nitrogens with zero attached hydrogens (tertiary/aromatic N) is 4. The van der Waals surface area contributed by atoms with Crippen molar-refractivity contribution >= 4 is 17.7 Å². The standard InChI is InChI=1S/C24H24N6O2S/c1-33-13-11-22(23-27-29-30-28-23)26-24(31)20-10-9-17(16-32-19-8-5-12-25-15-19)14-21(20)18-6-3-2-4-7-18/h2-10,12,14-15,22H,11,13,16H2,1H3,(H,26,31)(H,27,28,29,30)/t22-/m0/s1. The van der Waals surface area contributed by atoms with Gasteiger partial charge in [-0.05, 0) is 59.4 Å². The summed E-state index contributed by atoms with van der Waals surface area (Å²) >= 11 is 1.70. The molecule has 9 heteroatoms. The van der Waals surface area contributed by atoms with Crippen LogP contribution in [0, 0.1) is 0 Å². The van der Waals surface area contributed by atoms with Crippen molar-refractivity contribution in [2.75, 3.05) is 12.0 Å². The van der Waals surface area contributed by atoms with Gasteiger partial charge < -0.3 is 10.1 Å². The predicted molar refractivity (Wildman–Crippen MR) is 128 cm³/mol. The van der Waals surface area contributed by atoms with E-state index in [9.17, 15) is 4.79 Å². The van der Waals surface area contributed by atoms with E-state index in [0.29, 0.717) is 30.2 Å². The third-order valence-corrected chi connectivity index (χ3v) is 5.69. The number of hydrogen-bond donors (Lipinski definition) is 2. The van der Waals surface area contributed by atoms with Crippen molar-refractivity contribution in [1.29, 1.82) is 0 Å². The van der Waals surface area contributed by atoms with E-state index in [4.69, 9.17) is 4.74 Å². The summed E-state index contributed by atoms with van der Waals surface area (Å²) in [4.78, 5) is 17.4. The molecule has 2 heterocycles. The van der Waals surface area contributed by atoms with Crippen LogP contribution in [0.1, 0.15) is 34.2 Å². The van der Waals surface area contributed by atoms with E-state index in [2.05, 4.69) is 30.9 Å². The highest BCUT2D eigenvalue weighted by Crippen LogP contribution is 2.27. The van der Waals surface area contributed by atoms with Crippen molar-refractivity contribution in [3.05, 3.63) is 90.0 Å². The number of H-pyrrole nitrogens is 1. The van der Waals surface area contributed by atoms with Gasteiger partial charge in [0.2, 0.25) is 0 Å². The lowest BCUT2D eigenvalue weighted by atomic mass is 9.96. The lowest BCUT2D eigenvalue weighted by molar-refractivity contribution is 0.0934. The molecule has 4 rings (SSSR count). The predicted octanol–water partition coefficient (Wildman–Crippen LogP) is 4.06. The number of hydrogen-bond acceptors (Lipinski definition) is 7. The molecule has 1 atom stereocenters. The first kappa shape index (κ1) is 22.5. The zero-order valence-electron chi connectivity index (χ0n) is 18.1. The van der Waals surface area contributed by atoms with E-state index in [1.165, 1.54) is 0 Å². The maximum absolute atomic E-state index is 13.4. The summed E-state index contributed by atoms with van der Waals surface area (Å²) in [7, 11) is 0. The number of ether oxygens (including phenoxy) is 1. The summed E-state index contributed by atoms with van der Waals surface area (Å²) in [6.45, 7) is 0.368. The summed E-state index contributed by atoms with van der Waals surface area (Å²) < 4.78 is 5.85. The van der Waals surface area contributed by atoms with Crippen molar-refractivity contribution in [1.82, 2.24) is 30.9 Å². The first-order valence-electron chi connectivity index (χ1n) is 10.5. The van der Waals surface area contributed by atoms with Crippen LogP contribution in [0.3, 0.4) is 0 Å². The number of nitrogens with one attached hydrogen (secondary N) is 2. The topological polar surface area (TPSA) is 106 Å². The number of aromatic amines is 1. The molecule has 0 aliphatic carbocycles. The molecule has 33 heavy (non-hydrogen) atoms. The number of benzene rings is 2. The van der Waals surface area contributed by atoms with E-state index < -0.39 is 0 Å². The van der Waals surface area contributed by atoms with Crippen LogP contribution in [0.2, 0.25) is 0 Å². The molecule has 168 valence electrons. The van der Waals surface area contributed by atoms with E-state index in [0.717, 1.165) is 22.4 Å². The van der Waals surface area contributed by atoms with Gasteiger partial charge in [-0.3, -0.25) is 9.78 Å². The average Bonchev–Trinajstić information content (AvgIpc) is 3.41. The Balaban J connectivity index is 1.60. The number of aromatic nitrogens is 5. The molecule has 0 aliphatic rings.